The van der Waals surface area contributed by atoms with Gasteiger partial charge < -0.3 is 5.73 Å². The zero-order valence-corrected chi connectivity index (χ0v) is 10.2. The van der Waals surface area contributed by atoms with Crippen LogP contribution < -0.4 is 5.73 Å². The fourth-order valence-electron chi connectivity index (χ4n) is 1.91. The lowest BCUT2D eigenvalue weighted by atomic mass is 9.99. The van der Waals surface area contributed by atoms with E-state index in [-0.39, 0.29) is 11.6 Å². The summed E-state index contributed by atoms with van der Waals surface area (Å²) in [6.45, 7) is 2.00. The van der Waals surface area contributed by atoms with Crippen molar-refractivity contribution in [2.75, 3.05) is 0 Å². The van der Waals surface area contributed by atoms with E-state index in [0.29, 0.717) is 5.56 Å². The zero-order chi connectivity index (χ0) is 13.1. The molecular weight excluding hydrogens is 232 g/mol. The van der Waals surface area contributed by atoms with E-state index in [1.807, 2.05) is 19.1 Å². The van der Waals surface area contributed by atoms with Crippen molar-refractivity contribution in [2.24, 2.45) is 5.73 Å². The number of benzene rings is 2. The van der Waals surface area contributed by atoms with E-state index in [1.54, 1.807) is 12.1 Å². The Kier molecular flexibility index (Phi) is 3.72. The summed E-state index contributed by atoms with van der Waals surface area (Å²) in [6, 6.07) is 10.9. The van der Waals surface area contributed by atoms with Gasteiger partial charge in [-0.2, -0.15) is 0 Å². The van der Waals surface area contributed by atoms with E-state index in [4.69, 9.17) is 5.73 Å². The Morgan fingerprint density at radius 2 is 1.56 bits per heavy atom. The summed E-state index contributed by atoms with van der Waals surface area (Å²) in [5.41, 5.74) is 7.40. The summed E-state index contributed by atoms with van der Waals surface area (Å²) in [6.07, 6.45) is 0.827. The Morgan fingerprint density at radius 3 is 2.06 bits per heavy atom. The fourth-order valence-corrected chi connectivity index (χ4v) is 1.91. The maximum absolute atomic E-state index is 13.6. The maximum atomic E-state index is 13.6. The first kappa shape index (κ1) is 12.7. The smallest absolute Gasteiger partial charge is 0.133 e. The lowest BCUT2D eigenvalue weighted by Gasteiger charge is -2.10. The molecule has 0 aliphatic heterocycles. The molecule has 0 saturated heterocycles. The van der Waals surface area contributed by atoms with Crippen LogP contribution in [0, 0.1) is 11.6 Å². The average molecular weight is 247 g/mol. The number of hydrogen-bond donors (Lipinski definition) is 1. The third-order valence-corrected chi connectivity index (χ3v) is 3.03. The van der Waals surface area contributed by atoms with Crippen LogP contribution in [0.5, 0.6) is 0 Å². The largest absolute Gasteiger partial charge is 0.324 e. The number of rotatable bonds is 3. The lowest BCUT2D eigenvalue weighted by Crippen LogP contribution is -2.08. The topological polar surface area (TPSA) is 26.0 Å². The molecule has 2 aromatic carbocycles. The molecule has 0 saturated carbocycles. The van der Waals surface area contributed by atoms with E-state index in [0.717, 1.165) is 12.0 Å². The molecule has 0 amide bonds. The lowest BCUT2D eigenvalue weighted by molar-refractivity contribution is 0.589. The van der Waals surface area contributed by atoms with Gasteiger partial charge in [0.05, 0.1) is 5.56 Å². The second-order valence-electron chi connectivity index (χ2n) is 4.23. The normalized spacial score (nSPS) is 12.4. The third kappa shape index (κ3) is 2.41. The second-order valence-corrected chi connectivity index (χ2v) is 4.23. The molecule has 0 fully saturated rings. The Morgan fingerprint density at radius 1 is 1.00 bits per heavy atom. The molecule has 1 unspecified atom stereocenters. The molecule has 3 heteroatoms. The van der Waals surface area contributed by atoms with E-state index in [9.17, 15) is 8.78 Å². The van der Waals surface area contributed by atoms with Gasteiger partial charge in [-0.05, 0) is 29.7 Å². The Hall–Kier alpha value is -1.74. The van der Waals surface area contributed by atoms with Crippen molar-refractivity contribution in [2.45, 2.75) is 19.4 Å². The number of nitrogens with two attached hydrogens (primary N) is 1. The summed E-state index contributed by atoms with van der Waals surface area (Å²) >= 11 is 0. The van der Waals surface area contributed by atoms with Gasteiger partial charge in [-0.15, -0.1) is 0 Å². The minimum Gasteiger partial charge on any atom is -0.324 e. The summed E-state index contributed by atoms with van der Waals surface area (Å²) in [5.74, 6) is -1.11. The number of hydrogen-bond acceptors (Lipinski definition) is 1. The van der Waals surface area contributed by atoms with E-state index < -0.39 is 11.6 Å². The van der Waals surface area contributed by atoms with Crippen molar-refractivity contribution in [1.82, 2.24) is 0 Å². The van der Waals surface area contributed by atoms with Crippen molar-refractivity contribution in [1.29, 1.82) is 0 Å². The molecule has 1 atom stereocenters. The average Bonchev–Trinajstić information content (AvgIpc) is 2.38. The molecule has 2 rings (SSSR count). The molecule has 0 bridgehead atoms. The van der Waals surface area contributed by atoms with Crippen LogP contribution in [0.15, 0.2) is 42.5 Å². The second kappa shape index (κ2) is 5.27. The molecule has 1 nitrogen and oxygen atoms in total. The Labute approximate surface area is 105 Å². The molecule has 18 heavy (non-hydrogen) atoms. The highest BCUT2D eigenvalue weighted by molar-refractivity contribution is 5.65. The first-order valence-electron chi connectivity index (χ1n) is 5.93. The Bertz CT molecular complexity index is 514. The van der Waals surface area contributed by atoms with Gasteiger partial charge in [-0.25, -0.2) is 8.78 Å². The minimum atomic E-state index is -0.553. The van der Waals surface area contributed by atoms with E-state index in [1.165, 1.54) is 18.2 Å². The predicted octanol–water partition coefficient (Wildman–Crippen LogP) is 4.04. The first-order valence-corrected chi connectivity index (χ1v) is 5.93. The van der Waals surface area contributed by atoms with Gasteiger partial charge in [0.25, 0.3) is 0 Å². The molecule has 0 aliphatic carbocycles. The number of halogens is 2. The summed E-state index contributed by atoms with van der Waals surface area (Å²) in [4.78, 5) is 0. The summed E-state index contributed by atoms with van der Waals surface area (Å²) in [7, 11) is 0. The van der Waals surface area contributed by atoms with E-state index >= 15 is 0 Å². The third-order valence-electron chi connectivity index (χ3n) is 3.03. The van der Waals surface area contributed by atoms with Crippen LogP contribution >= 0.6 is 0 Å². The highest BCUT2D eigenvalue weighted by Gasteiger charge is 2.11. The standard InChI is InChI=1S/C15H15F2N/c1-2-14(18)10-6-8-11(9-7-10)15-12(16)4-3-5-13(15)17/h3-9,14H,2,18H2,1H3. The van der Waals surface area contributed by atoms with Crippen LogP contribution in [0.3, 0.4) is 0 Å². The SMILES string of the molecule is CCC(N)c1ccc(-c2c(F)cccc2F)cc1. The van der Waals surface area contributed by atoms with Gasteiger partial charge in [0.2, 0.25) is 0 Å². The maximum Gasteiger partial charge on any atom is 0.133 e. The molecule has 0 radical (unpaired) electrons. The predicted molar refractivity (Wildman–Crippen MR) is 69.0 cm³/mol. The minimum absolute atomic E-state index is 0.00844. The highest BCUT2D eigenvalue weighted by atomic mass is 19.1. The van der Waals surface area contributed by atoms with Crippen LogP contribution in [0.4, 0.5) is 8.78 Å². The molecule has 94 valence electrons. The van der Waals surface area contributed by atoms with Crippen LogP contribution in [-0.4, -0.2) is 0 Å². The van der Waals surface area contributed by atoms with Crippen LogP contribution in [0.2, 0.25) is 0 Å². The quantitative estimate of drug-likeness (QED) is 0.870. The van der Waals surface area contributed by atoms with Crippen LogP contribution in [-0.2, 0) is 0 Å². The van der Waals surface area contributed by atoms with Crippen LogP contribution in [0.1, 0.15) is 24.9 Å². The van der Waals surface area contributed by atoms with Crippen molar-refractivity contribution in [3.63, 3.8) is 0 Å². The molecule has 0 aromatic heterocycles. The van der Waals surface area contributed by atoms with Crippen LogP contribution in [0.25, 0.3) is 11.1 Å². The van der Waals surface area contributed by atoms with Gasteiger partial charge in [0.15, 0.2) is 0 Å². The summed E-state index contributed by atoms with van der Waals surface area (Å²) in [5, 5.41) is 0. The molecule has 0 spiro atoms. The van der Waals surface area contributed by atoms with Gasteiger partial charge in [-0.1, -0.05) is 37.3 Å². The van der Waals surface area contributed by atoms with Crippen molar-refractivity contribution >= 4 is 0 Å². The Balaban J connectivity index is 2.41. The monoisotopic (exact) mass is 247 g/mol. The summed E-state index contributed by atoms with van der Waals surface area (Å²) < 4.78 is 27.2. The van der Waals surface area contributed by atoms with Gasteiger partial charge in [0.1, 0.15) is 11.6 Å². The van der Waals surface area contributed by atoms with Gasteiger partial charge in [0, 0.05) is 6.04 Å². The molecule has 2 aromatic rings. The van der Waals surface area contributed by atoms with Crippen molar-refractivity contribution in [3.05, 3.63) is 59.7 Å². The fraction of sp³-hybridized carbons (Fsp3) is 0.200. The highest BCUT2D eigenvalue weighted by Crippen LogP contribution is 2.27. The zero-order valence-electron chi connectivity index (χ0n) is 10.2. The molecular formula is C15H15F2N. The molecule has 2 N–H and O–H groups in total. The molecule has 0 aliphatic rings. The first-order chi connectivity index (χ1) is 8.63. The van der Waals surface area contributed by atoms with Gasteiger partial charge in [-0.3, -0.25) is 0 Å². The van der Waals surface area contributed by atoms with Gasteiger partial charge >= 0.3 is 0 Å². The molecule has 0 heterocycles. The van der Waals surface area contributed by atoms with Crippen molar-refractivity contribution in [3.8, 4) is 11.1 Å². The van der Waals surface area contributed by atoms with E-state index in [2.05, 4.69) is 0 Å². The van der Waals surface area contributed by atoms with Crippen molar-refractivity contribution < 1.29 is 8.78 Å².